The first-order valence-electron chi connectivity index (χ1n) is 7.70. The molecule has 1 aromatic heterocycles. The van der Waals surface area contributed by atoms with E-state index in [1.54, 1.807) is 6.26 Å². The van der Waals surface area contributed by atoms with Gasteiger partial charge in [0.15, 0.2) is 5.76 Å². The number of rotatable bonds is 3. The van der Waals surface area contributed by atoms with Crippen LogP contribution in [0.1, 0.15) is 11.3 Å². The number of nitrogens with zero attached hydrogens (tertiary/aromatic N) is 1. The molecule has 3 rings (SSSR count). The van der Waals surface area contributed by atoms with Gasteiger partial charge in [-0.05, 0) is 30.7 Å². The number of quaternary nitrogens is 1. The number of aryl methyl sites for hydroxylation is 1. The number of nitrogens with one attached hydrogen (secondary N) is 2. The summed E-state index contributed by atoms with van der Waals surface area (Å²) in [6.45, 7) is 6.33. The largest absolute Gasteiger partial charge is 0.463 e. The lowest BCUT2D eigenvalue weighted by Gasteiger charge is -2.31. The molecule has 2 N–H and O–H groups in total. The minimum Gasteiger partial charge on any atom is -0.463 e. The Morgan fingerprint density at radius 2 is 2.00 bits per heavy atom. The number of amides is 2. The maximum absolute atomic E-state index is 12.3. The summed E-state index contributed by atoms with van der Waals surface area (Å²) in [7, 11) is 0. The van der Waals surface area contributed by atoms with Crippen molar-refractivity contribution in [3.63, 3.8) is 0 Å². The van der Waals surface area contributed by atoms with Crippen molar-refractivity contribution in [3.05, 3.63) is 54.0 Å². The van der Waals surface area contributed by atoms with E-state index in [0.29, 0.717) is 0 Å². The highest BCUT2D eigenvalue weighted by Crippen LogP contribution is 2.13. The monoisotopic (exact) mass is 300 g/mol. The molecular weight excluding hydrogens is 278 g/mol. The Hall–Kier alpha value is -2.27. The van der Waals surface area contributed by atoms with Crippen LogP contribution in [0.3, 0.4) is 0 Å². The average Bonchev–Trinajstić information content (AvgIpc) is 3.03. The molecule has 2 aromatic rings. The van der Waals surface area contributed by atoms with E-state index in [1.807, 2.05) is 48.2 Å². The van der Waals surface area contributed by atoms with Crippen molar-refractivity contribution >= 4 is 11.7 Å². The predicted octanol–water partition coefficient (Wildman–Crippen LogP) is 1.52. The van der Waals surface area contributed by atoms with Gasteiger partial charge in [0.1, 0.15) is 6.54 Å². The standard InChI is InChI=1S/C17H21N3O2/c1-14-5-2-3-7-16(14)18-17(21)20-10-8-19(9-11-20)13-15-6-4-12-22-15/h2-7,12H,8-11,13H2,1H3,(H,18,21)/p+1. The summed E-state index contributed by atoms with van der Waals surface area (Å²) < 4.78 is 5.39. The highest BCUT2D eigenvalue weighted by molar-refractivity contribution is 5.90. The highest BCUT2D eigenvalue weighted by Gasteiger charge is 2.24. The van der Waals surface area contributed by atoms with Crippen molar-refractivity contribution in [1.82, 2.24) is 4.90 Å². The van der Waals surface area contributed by atoms with Crippen molar-refractivity contribution in [2.45, 2.75) is 13.5 Å². The fourth-order valence-corrected chi connectivity index (χ4v) is 2.77. The zero-order valence-electron chi connectivity index (χ0n) is 12.8. The fraction of sp³-hybridized carbons (Fsp3) is 0.353. The van der Waals surface area contributed by atoms with Gasteiger partial charge in [0.2, 0.25) is 0 Å². The maximum atomic E-state index is 12.3. The molecule has 116 valence electrons. The Balaban J connectivity index is 1.50. The number of anilines is 1. The topological polar surface area (TPSA) is 49.9 Å². The normalized spacial score (nSPS) is 15.8. The van der Waals surface area contributed by atoms with E-state index >= 15 is 0 Å². The Kier molecular flexibility index (Phi) is 4.44. The lowest BCUT2D eigenvalue weighted by molar-refractivity contribution is -0.918. The number of carbonyl (C=O) groups is 1. The first-order valence-corrected chi connectivity index (χ1v) is 7.70. The SMILES string of the molecule is Cc1ccccc1NC(=O)N1CC[NH+](Cc2ccco2)CC1. The van der Waals surface area contributed by atoms with Gasteiger partial charge >= 0.3 is 6.03 Å². The van der Waals surface area contributed by atoms with Crippen LogP contribution in [-0.4, -0.2) is 37.1 Å². The van der Waals surface area contributed by atoms with Crippen molar-refractivity contribution < 1.29 is 14.1 Å². The first kappa shape index (κ1) is 14.7. The summed E-state index contributed by atoms with van der Waals surface area (Å²) in [4.78, 5) is 15.7. The van der Waals surface area contributed by atoms with Crippen LogP contribution in [0.25, 0.3) is 0 Å². The van der Waals surface area contributed by atoms with Crippen molar-refractivity contribution in [3.8, 4) is 0 Å². The number of carbonyl (C=O) groups excluding carboxylic acids is 1. The smallest absolute Gasteiger partial charge is 0.322 e. The van der Waals surface area contributed by atoms with E-state index in [9.17, 15) is 4.79 Å². The minimum atomic E-state index is -0.00801. The van der Waals surface area contributed by atoms with Crippen LogP contribution in [0, 0.1) is 6.92 Å². The second-order valence-corrected chi connectivity index (χ2v) is 5.74. The summed E-state index contributed by atoms with van der Waals surface area (Å²) in [5.41, 5.74) is 1.97. The van der Waals surface area contributed by atoms with Gasteiger partial charge in [0.05, 0.1) is 32.4 Å². The fourth-order valence-electron chi connectivity index (χ4n) is 2.77. The van der Waals surface area contributed by atoms with Crippen molar-refractivity contribution in [2.75, 3.05) is 31.5 Å². The van der Waals surface area contributed by atoms with Gasteiger partial charge in [-0.1, -0.05) is 18.2 Å². The molecule has 0 radical (unpaired) electrons. The molecule has 1 aliphatic heterocycles. The van der Waals surface area contributed by atoms with Crippen LogP contribution < -0.4 is 10.2 Å². The number of furan rings is 1. The lowest BCUT2D eigenvalue weighted by atomic mass is 10.2. The summed E-state index contributed by atoms with van der Waals surface area (Å²) >= 11 is 0. The van der Waals surface area contributed by atoms with E-state index in [4.69, 9.17) is 4.42 Å². The van der Waals surface area contributed by atoms with E-state index in [2.05, 4.69) is 5.32 Å². The van der Waals surface area contributed by atoms with Gasteiger partial charge in [-0.3, -0.25) is 0 Å². The van der Waals surface area contributed by atoms with Gasteiger partial charge in [0, 0.05) is 5.69 Å². The van der Waals surface area contributed by atoms with Crippen LogP contribution >= 0.6 is 0 Å². The third-order valence-electron chi connectivity index (χ3n) is 4.15. The molecule has 22 heavy (non-hydrogen) atoms. The van der Waals surface area contributed by atoms with Crippen molar-refractivity contribution in [1.29, 1.82) is 0 Å². The average molecular weight is 300 g/mol. The van der Waals surface area contributed by atoms with Crippen LogP contribution in [0.4, 0.5) is 10.5 Å². The van der Waals surface area contributed by atoms with E-state index < -0.39 is 0 Å². The Morgan fingerprint density at radius 1 is 1.23 bits per heavy atom. The minimum absolute atomic E-state index is 0.00801. The molecule has 1 aromatic carbocycles. The number of para-hydroxylation sites is 1. The van der Waals surface area contributed by atoms with Gasteiger partial charge in [-0.2, -0.15) is 0 Å². The van der Waals surface area contributed by atoms with Crippen LogP contribution in [0.2, 0.25) is 0 Å². The van der Waals surface area contributed by atoms with Crippen LogP contribution in [0.15, 0.2) is 47.1 Å². The summed E-state index contributed by atoms with van der Waals surface area (Å²) in [5.74, 6) is 1.01. The molecule has 0 bridgehead atoms. The van der Waals surface area contributed by atoms with Gasteiger partial charge in [-0.25, -0.2) is 4.79 Å². The second-order valence-electron chi connectivity index (χ2n) is 5.74. The predicted molar refractivity (Wildman–Crippen MR) is 84.9 cm³/mol. The molecule has 1 saturated heterocycles. The molecule has 1 aliphatic rings. The van der Waals surface area contributed by atoms with E-state index in [-0.39, 0.29) is 6.03 Å². The Labute approximate surface area is 130 Å². The number of hydrogen-bond donors (Lipinski definition) is 2. The van der Waals surface area contributed by atoms with E-state index in [0.717, 1.165) is 49.7 Å². The van der Waals surface area contributed by atoms with Crippen LogP contribution in [0.5, 0.6) is 0 Å². The molecule has 0 spiro atoms. The molecule has 2 amide bonds. The molecule has 5 heteroatoms. The Morgan fingerprint density at radius 3 is 2.68 bits per heavy atom. The highest BCUT2D eigenvalue weighted by atomic mass is 16.3. The molecule has 0 atom stereocenters. The number of piperazine rings is 1. The third kappa shape index (κ3) is 3.49. The zero-order valence-corrected chi connectivity index (χ0v) is 12.8. The summed E-state index contributed by atoms with van der Waals surface area (Å²) in [5, 5.41) is 3.00. The molecular formula is C17H22N3O2+. The summed E-state index contributed by atoms with van der Waals surface area (Å²) in [6.07, 6.45) is 1.71. The van der Waals surface area contributed by atoms with Crippen LogP contribution in [-0.2, 0) is 6.54 Å². The molecule has 0 unspecified atom stereocenters. The molecule has 2 heterocycles. The number of hydrogen-bond acceptors (Lipinski definition) is 2. The maximum Gasteiger partial charge on any atom is 0.322 e. The molecule has 0 aliphatic carbocycles. The lowest BCUT2D eigenvalue weighted by Crippen LogP contribution is -3.13. The number of benzene rings is 1. The molecule has 0 saturated carbocycles. The first-order chi connectivity index (χ1) is 10.7. The molecule has 5 nitrogen and oxygen atoms in total. The molecule has 1 fully saturated rings. The third-order valence-corrected chi connectivity index (χ3v) is 4.15. The van der Waals surface area contributed by atoms with Gasteiger partial charge in [-0.15, -0.1) is 0 Å². The van der Waals surface area contributed by atoms with Gasteiger partial charge in [0.25, 0.3) is 0 Å². The second kappa shape index (κ2) is 6.66. The zero-order chi connectivity index (χ0) is 15.4. The summed E-state index contributed by atoms with van der Waals surface area (Å²) in [6, 6.07) is 11.8. The van der Waals surface area contributed by atoms with Gasteiger partial charge < -0.3 is 19.5 Å². The number of urea groups is 1. The quantitative estimate of drug-likeness (QED) is 0.903. The Bertz CT molecular complexity index is 617. The van der Waals surface area contributed by atoms with Crippen molar-refractivity contribution in [2.24, 2.45) is 0 Å². The van der Waals surface area contributed by atoms with E-state index in [1.165, 1.54) is 4.90 Å².